The lowest BCUT2D eigenvalue weighted by molar-refractivity contribution is -0.139. The monoisotopic (exact) mass is 312 g/mol. The van der Waals surface area contributed by atoms with Crippen LogP contribution in [0.3, 0.4) is 0 Å². The molecule has 1 aliphatic rings. The second kappa shape index (κ2) is 11.4. The number of cyclic esters (lactones) is 1. The molecule has 0 bridgehead atoms. The lowest BCUT2D eigenvalue weighted by Crippen LogP contribution is -2.16. The molecule has 1 heterocycles. The maximum Gasteiger partial charge on any atom is 0.334 e. The van der Waals surface area contributed by atoms with Crippen LogP contribution < -0.4 is 0 Å². The van der Waals surface area contributed by atoms with Gasteiger partial charge in [-0.3, -0.25) is 0 Å². The van der Waals surface area contributed by atoms with Crippen LogP contribution >= 0.6 is 0 Å². The molecule has 0 N–H and O–H groups in total. The maximum absolute atomic E-state index is 11.6. The van der Waals surface area contributed by atoms with E-state index >= 15 is 0 Å². The Hall–Kier alpha value is -1.20. The molecule has 0 spiro atoms. The summed E-state index contributed by atoms with van der Waals surface area (Å²) >= 11 is 0. The summed E-state index contributed by atoms with van der Waals surface area (Å²) in [5.74, 6) is -0.202. The molecule has 0 aromatic carbocycles. The molecule has 1 rings (SSSR count). The summed E-state index contributed by atoms with van der Waals surface area (Å²) in [6.45, 7) is 2.14. The van der Waals surface area contributed by atoms with Crippen LogP contribution in [0.25, 0.3) is 0 Å². The number of ether oxygens (including phenoxy) is 3. The molecule has 126 valence electrons. The van der Waals surface area contributed by atoms with E-state index < -0.39 is 0 Å². The Kier molecular flexibility index (Phi) is 9.75. The fourth-order valence-corrected chi connectivity index (χ4v) is 2.56. The SMILES string of the molecule is COCO[C@@H](CCCCCCC=O)CCC1=C[C@H](C)OC1=O. The minimum atomic E-state index is -0.202. The molecule has 0 fully saturated rings. The van der Waals surface area contributed by atoms with Crippen molar-refractivity contribution < 1.29 is 23.8 Å². The Bertz CT molecular complexity index is 364. The fraction of sp³-hybridized carbons (Fsp3) is 0.765. The Morgan fingerprint density at radius 1 is 1.27 bits per heavy atom. The highest BCUT2D eigenvalue weighted by atomic mass is 16.7. The molecule has 0 radical (unpaired) electrons. The zero-order valence-corrected chi connectivity index (χ0v) is 13.7. The average Bonchev–Trinajstić information content (AvgIpc) is 2.82. The fourth-order valence-electron chi connectivity index (χ4n) is 2.56. The second-order valence-electron chi connectivity index (χ2n) is 5.69. The van der Waals surface area contributed by atoms with E-state index in [4.69, 9.17) is 14.2 Å². The summed E-state index contributed by atoms with van der Waals surface area (Å²) in [4.78, 5) is 21.8. The summed E-state index contributed by atoms with van der Waals surface area (Å²) in [6, 6.07) is 0. The number of hydrogen-bond acceptors (Lipinski definition) is 5. The van der Waals surface area contributed by atoms with Crippen molar-refractivity contribution in [3.63, 3.8) is 0 Å². The van der Waals surface area contributed by atoms with E-state index in [-0.39, 0.29) is 25.0 Å². The Morgan fingerprint density at radius 2 is 2.05 bits per heavy atom. The van der Waals surface area contributed by atoms with E-state index in [9.17, 15) is 9.59 Å². The van der Waals surface area contributed by atoms with Gasteiger partial charge in [0.25, 0.3) is 0 Å². The van der Waals surface area contributed by atoms with Crippen molar-refractivity contribution in [2.45, 2.75) is 70.5 Å². The zero-order chi connectivity index (χ0) is 16.2. The molecular formula is C17H28O5. The predicted molar refractivity (Wildman–Crippen MR) is 83.4 cm³/mol. The van der Waals surface area contributed by atoms with Crippen LogP contribution in [0.1, 0.15) is 58.3 Å². The van der Waals surface area contributed by atoms with Crippen molar-refractivity contribution in [2.75, 3.05) is 13.9 Å². The van der Waals surface area contributed by atoms with Gasteiger partial charge in [0, 0.05) is 19.1 Å². The Labute approximate surface area is 133 Å². The molecule has 0 unspecified atom stereocenters. The summed E-state index contributed by atoms with van der Waals surface area (Å²) in [6.07, 6.45) is 10.1. The molecule has 0 aromatic rings. The second-order valence-corrected chi connectivity index (χ2v) is 5.69. The van der Waals surface area contributed by atoms with Gasteiger partial charge in [-0.15, -0.1) is 0 Å². The number of methoxy groups -OCH3 is 1. The van der Waals surface area contributed by atoms with E-state index in [0.717, 1.165) is 50.4 Å². The molecule has 0 saturated heterocycles. The third kappa shape index (κ3) is 7.71. The highest BCUT2D eigenvalue weighted by Gasteiger charge is 2.23. The van der Waals surface area contributed by atoms with Crippen LogP contribution in [0.15, 0.2) is 11.6 Å². The van der Waals surface area contributed by atoms with Crippen molar-refractivity contribution in [3.05, 3.63) is 11.6 Å². The van der Waals surface area contributed by atoms with Crippen LogP contribution in [0.5, 0.6) is 0 Å². The largest absolute Gasteiger partial charge is 0.455 e. The topological polar surface area (TPSA) is 61.8 Å². The minimum absolute atomic E-state index is 0.0932. The van der Waals surface area contributed by atoms with Gasteiger partial charge >= 0.3 is 5.97 Å². The standard InChI is InChI=1S/C17H28O5/c1-14-12-15(17(19)22-14)9-10-16(21-13-20-2)8-6-4-3-5-7-11-18/h11-12,14,16H,3-10,13H2,1-2H3/t14-,16-/m0/s1. The summed E-state index contributed by atoms with van der Waals surface area (Å²) < 4.78 is 15.8. The number of unbranched alkanes of at least 4 members (excludes halogenated alkanes) is 4. The van der Waals surface area contributed by atoms with Gasteiger partial charge in [0.15, 0.2) is 0 Å². The molecule has 0 aliphatic carbocycles. The number of esters is 1. The van der Waals surface area contributed by atoms with E-state index in [1.54, 1.807) is 7.11 Å². The third-order valence-electron chi connectivity index (χ3n) is 3.75. The van der Waals surface area contributed by atoms with Gasteiger partial charge < -0.3 is 19.0 Å². The summed E-state index contributed by atoms with van der Waals surface area (Å²) in [7, 11) is 1.61. The first-order valence-corrected chi connectivity index (χ1v) is 8.13. The molecule has 2 atom stereocenters. The molecule has 1 aliphatic heterocycles. The van der Waals surface area contributed by atoms with Gasteiger partial charge in [0.2, 0.25) is 0 Å². The van der Waals surface area contributed by atoms with E-state index in [1.807, 2.05) is 13.0 Å². The van der Waals surface area contributed by atoms with Gasteiger partial charge in [0.1, 0.15) is 19.2 Å². The number of carbonyl (C=O) groups is 2. The first kappa shape index (κ1) is 18.8. The normalized spacial score (nSPS) is 18.9. The summed E-state index contributed by atoms with van der Waals surface area (Å²) in [5.41, 5.74) is 0.754. The highest BCUT2D eigenvalue weighted by Crippen LogP contribution is 2.21. The van der Waals surface area contributed by atoms with E-state index in [0.29, 0.717) is 12.8 Å². The van der Waals surface area contributed by atoms with E-state index in [2.05, 4.69) is 0 Å². The molecular weight excluding hydrogens is 284 g/mol. The molecule has 5 nitrogen and oxygen atoms in total. The number of rotatable bonds is 13. The van der Waals surface area contributed by atoms with Gasteiger partial charge in [-0.2, -0.15) is 0 Å². The van der Waals surface area contributed by atoms with Crippen molar-refractivity contribution in [2.24, 2.45) is 0 Å². The van der Waals surface area contributed by atoms with Crippen molar-refractivity contribution in [3.8, 4) is 0 Å². The van der Waals surface area contributed by atoms with Gasteiger partial charge in [0.05, 0.1) is 6.10 Å². The first-order valence-electron chi connectivity index (χ1n) is 8.13. The van der Waals surface area contributed by atoms with Crippen molar-refractivity contribution >= 4 is 12.3 Å². The average molecular weight is 312 g/mol. The molecule has 0 amide bonds. The Morgan fingerprint density at radius 3 is 2.68 bits per heavy atom. The number of hydrogen-bond donors (Lipinski definition) is 0. The smallest absolute Gasteiger partial charge is 0.334 e. The molecule has 5 heteroatoms. The van der Waals surface area contributed by atoms with Crippen LogP contribution in [0.2, 0.25) is 0 Å². The van der Waals surface area contributed by atoms with E-state index in [1.165, 1.54) is 0 Å². The quantitative estimate of drug-likeness (QED) is 0.226. The maximum atomic E-state index is 11.6. The van der Waals surface area contributed by atoms with Crippen molar-refractivity contribution in [1.82, 2.24) is 0 Å². The van der Waals surface area contributed by atoms with Crippen LogP contribution in [-0.2, 0) is 23.8 Å². The number of carbonyl (C=O) groups excluding carboxylic acids is 2. The van der Waals surface area contributed by atoms with Gasteiger partial charge in [-0.1, -0.05) is 19.3 Å². The number of aldehydes is 1. The molecule has 0 saturated carbocycles. The zero-order valence-electron chi connectivity index (χ0n) is 13.7. The minimum Gasteiger partial charge on any atom is -0.455 e. The molecule has 22 heavy (non-hydrogen) atoms. The van der Waals surface area contributed by atoms with Gasteiger partial charge in [-0.05, 0) is 38.7 Å². The highest BCUT2D eigenvalue weighted by molar-refractivity contribution is 5.90. The van der Waals surface area contributed by atoms with Crippen LogP contribution in [-0.4, -0.2) is 38.4 Å². The third-order valence-corrected chi connectivity index (χ3v) is 3.75. The predicted octanol–water partition coefficient (Wildman–Crippen LogP) is 3.17. The molecule has 0 aromatic heterocycles. The van der Waals surface area contributed by atoms with Gasteiger partial charge in [-0.25, -0.2) is 4.79 Å². The lowest BCUT2D eigenvalue weighted by atomic mass is 10.0. The summed E-state index contributed by atoms with van der Waals surface area (Å²) in [5, 5.41) is 0. The van der Waals surface area contributed by atoms with Crippen molar-refractivity contribution in [1.29, 1.82) is 0 Å². The van der Waals surface area contributed by atoms with Crippen LogP contribution in [0, 0.1) is 0 Å². The Balaban J connectivity index is 2.26. The lowest BCUT2D eigenvalue weighted by Gasteiger charge is -2.17. The van der Waals surface area contributed by atoms with Crippen LogP contribution in [0.4, 0.5) is 0 Å². The first-order chi connectivity index (χ1) is 10.7.